The molecule has 0 aliphatic carbocycles. The van der Waals surface area contributed by atoms with E-state index in [-0.39, 0.29) is 0 Å². The Bertz CT molecular complexity index is 301. The van der Waals surface area contributed by atoms with Crippen molar-refractivity contribution in [3.8, 4) is 0 Å². The van der Waals surface area contributed by atoms with Crippen molar-refractivity contribution >= 4 is 15.9 Å². The smallest absolute Gasteiger partial charge is 0.0839 e. The molecular weight excluding hydrogens is 256 g/mol. The zero-order chi connectivity index (χ0) is 11.3. The molecular formula is C12H17BrO2. The van der Waals surface area contributed by atoms with Gasteiger partial charge in [0, 0.05) is 10.9 Å². The van der Waals surface area contributed by atoms with E-state index < -0.39 is 12.2 Å². The van der Waals surface area contributed by atoms with Crippen LogP contribution in [-0.2, 0) is 6.42 Å². The molecule has 1 aromatic rings. The maximum atomic E-state index is 9.76. The Hall–Kier alpha value is -0.380. The standard InChI is InChI=1S/C12H17BrO2/c1-2-5-11(14)12(15)8-9-6-3-4-7-10(9)13/h3-4,6-7,11-12,14-15H,2,5,8H2,1H3. The van der Waals surface area contributed by atoms with Gasteiger partial charge in [0.1, 0.15) is 0 Å². The number of hydrogen-bond donors (Lipinski definition) is 2. The molecule has 0 aliphatic rings. The van der Waals surface area contributed by atoms with E-state index in [0.717, 1.165) is 16.5 Å². The van der Waals surface area contributed by atoms with Crippen LogP contribution >= 0.6 is 15.9 Å². The number of aliphatic hydroxyl groups is 2. The van der Waals surface area contributed by atoms with Crippen molar-refractivity contribution in [2.75, 3.05) is 0 Å². The maximum Gasteiger partial charge on any atom is 0.0839 e. The van der Waals surface area contributed by atoms with Gasteiger partial charge in [0.05, 0.1) is 12.2 Å². The quantitative estimate of drug-likeness (QED) is 0.865. The molecule has 3 heteroatoms. The number of halogens is 1. The van der Waals surface area contributed by atoms with E-state index in [9.17, 15) is 10.2 Å². The predicted molar refractivity (Wildman–Crippen MR) is 64.8 cm³/mol. The first-order chi connectivity index (χ1) is 7.15. The first-order valence-electron chi connectivity index (χ1n) is 5.24. The topological polar surface area (TPSA) is 40.5 Å². The second-order valence-corrected chi connectivity index (χ2v) is 4.57. The highest BCUT2D eigenvalue weighted by Gasteiger charge is 2.16. The zero-order valence-electron chi connectivity index (χ0n) is 8.86. The summed E-state index contributed by atoms with van der Waals surface area (Å²) < 4.78 is 0.979. The van der Waals surface area contributed by atoms with Crippen molar-refractivity contribution in [3.63, 3.8) is 0 Å². The third-order valence-electron chi connectivity index (χ3n) is 2.42. The summed E-state index contributed by atoms with van der Waals surface area (Å²) in [5.74, 6) is 0. The molecule has 2 atom stereocenters. The van der Waals surface area contributed by atoms with Crippen LogP contribution in [0, 0.1) is 0 Å². The normalized spacial score (nSPS) is 14.9. The molecule has 2 unspecified atom stereocenters. The molecule has 0 amide bonds. The van der Waals surface area contributed by atoms with Crippen molar-refractivity contribution in [1.29, 1.82) is 0 Å². The van der Waals surface area contributed by atoms with E-state index in [1.54, 1.807) is 0 Å². The van der Waals surface area contributed by atoms with Crippen molar-refractivity contribution in [3.05, 3.63) is 34.3 Å². The van der Waals surface area contributed by atoms with Gasteiger partial charge in [0.2, 0.25) is 0 Å². The van der Waals surface area contributed by atoms with Gasteiger partial charge in [-0.25, -0.2) is 0 Å². The minimum Gasteiger partial charge on any atom is -0.390 e. The molecule has 0 saturated carbocycles. The van der Waals surface area contributed by atoms with Crippen LogP contribution in [0.3, 0.4) is 0 Å². The average Bonchev–Trinajstić information content (AvgIpc) is 2.21. The summed E-state index contributed by atoms with van der Waals surface area (Å²) in [7, 11) is 0. The molecule has 0 aromatic heterocycles. The van der Waals surface area contributed by atoms with Crippen molar-refractivity contribution in [2.45, 2.75) is 38.4 Å². The average molecular weight is 273 g/mol. The highest BCUT2D eigenvalue weighted by molar-refractivity contribution is 9.10. The second-order valence-electron chi connectivity index (χ2n) is 3.72. The Morgan fingerprint density at radius 3 is 2.47 bits per heavy atom. The second kappa shape index (κ2) is 6.26. The highest BCUT2D eigenvalue weighted by atomic mass is 79.9. The van der Waals surface area contributed by atoms with E-state index in [1.165, 1.54) is 0 Å². The summed E-state index contributed by atoms with van der Waals surface area (Å²) in [5, 5.41) is 19.4. The zero-order valence-corrected chi connectivity index (χ0v) is 10.4. The monoisotopic (exact) mass is 272 g/mol. The summed E-state index contributed by atoms with van der Waals surface area (Å²) >= 11 is 3.42. The van der Waals surface area contributed by atoms with Crippen LogP contribution in [-0.4, -0.2) is 22.4 Å². The van der Waals surface area contributed by atoms with E-state index in [0.29, 0.717) is 12.8 Å². The lowest BCUT2D eigenvalue weighted by atomic mass is 10.0. The summed E-state index contributed by atoms with van der Waals surface area (Å²) in [5.41, 5.74) is 1.03. The Morgan fingerprint density at radius 2 is 1.87 bits per heavy atom. The Labute approximate surface area is 99.1 Å². The van der Waals surface area contributed by atoms with Gasteiger partial charge >= 0.3 is 0 Å². The van der Waals surface area contributed by atoms with Crippen LogP contribution in [0.4, 0.5) is 0 Å². The Balaban J connectivity index is 2.58. The third-order valence-corrected chi connectivity index (χ3v) is 3.19. The molecule has 0 fully saturated rings. The number of rotatable bonds is 5. The molecule has 2 N–H and O–H groups in total. The first kappa shape index (κ1) is 12.7. The SMILES string of the molecule is CCCC(O)C(O)Cc1ccccc1Br. The molecule has 0 bridgehead atoms. The minimum atomic E-state index is -0.677. The minimum absolute atomic E-state index is 0.489. The lowest BCUT2D eigenvalue weighted by Crippen LogP contribution is -2.27. The van der Waals surface area contributed by atoms with Gasteiger partial charge in [-0.2, -0.15) is 0 Å². The van der Waals surface area contributed by atoms with Crippen LogP contribution in [0.5, 0.6) is 0 Å². The van der Waals surface area contributed by atoms with Gasteiger partial charge < -0.3 is 10.2 Å². The molecule has 0 spiro atoms. The van der Waals surface area contributed by atoms with Gasteiger partial charge in [0.25, 0.3) is 0 Å². The first-order valence-corrected chi connectivity index (χ1v) is 6.04. The molecule has 0 aliphatic heterocycles. The van der Waals surface area contributed by atoms with Gasteiger partial charge in [-0.05, 0) is 18.1 Å². The number of aliphatic hydroxyl groups excluding tert-OH is 2. The largest absolute Gasteiger partial charge is 0.390 e. The highest BCUT2D eigenvalue weighted by Crippen LogP contribution is 2.19. The van der Waals surface area contributed by atoms with E-state index >= 15 is 0 Å². The van der Waals surface area contributed by atoms with E-state index in [2.05, 4.69) is 15.9 Å². The third kappa shape index (κ3) is 3.93. The molecule has 1 aromatic carbocycles. The number of hydrogen-bond acceptors (Lipinski definition) is 2. The molecule has 15 heavy (non-hydrogen) atoms. The van der Waals surface area contributed by atoms with Crippen molar-refractivity contribution < 1.29 is 10.2 Å². The van der Waals surface area contributed by atoms with Crippen LogP contribution in [0.25, 0.3) is 0 Å². The molecule has 0 saturated heterocycles. The van der Waals surface area contributed by atoms with Crippen molar-refractivity contribution in [1.82, 2.24) is 0 Å². The van der Waals surface area contributed by atoms with Gasteiger partial charge in [0.15, 0.2) is 0 Å². The fourth-order valence-corrected chi connectivity index (χ4v) is 1.96. The summed E-state index contributed by atoms with van der Waals surface area (Å²) in [4.78, 5) is 0. The van der Waals surface area contributed by atoms with Gasteiger partial charge in [-0.3, -0.25) is 0 Å². The number of benzene rings is 1. The summed E-state index contributed by atoms with van der Waals surface area (Å²) in [6.45, 7) is 1.99. The van der Waals surface area contributed by atoms with Crippen LogP contribution in [0.1, 0.15) is 25.3 Å². The lowest BCUT2D eigenvalue weighted by Gasteiger charge is -2.17. The Morgan fingerprint density at radius 1 is 1.20 bits per heavy atom. The Kier molecular flexibility index (Phi) is 5.29. The van der Waals surface area contributed by atoms with E-state index in [1.807, 2.05) is 31.2 Å². The molecule has 84 valence electrons. The van der Waals surface area contributed by atoms with Crippen LogP contribution < -0.4 is 0 Å². The predicted octanol–water partition coefficient (Wildman–Crippen LogP) is 2.51. The molecule has 0 radical (unpaired) electrons. The van der Waals surface area contributed by atoms with Gasteiger partial charge in [-0.1, -0.05) is 47.5 Å². The molecule has 2 nitrogen and oxygen atoms in total. The molecule has 0 heterocycles. The van der Waals surface area contributed by atoms with E-state index in [4.69, 9.17) is 0 Å². The fraction of sp³-hybridized carbons (Fsp3) is 0.500. The summed E-state index contributed by atoms with van der Waals surface area (Å²) in [6, 6.07) is 7.75. The molecule has 1 rings (SSSR count). The fourth-order valence-electron chi connectivity index (χ4n) is 1.51. The van der Waals surface area contributed by atoms with Crippen LogP contribution in [0.2, 0.25) is 0 Å². The van der Waals surface area contributed by atoms with Crippen molar-refractivity contribution in [2.24, 2.45) is 0 Å². The maximum absolute atomic E-state index is 9.76. The van der Waals surface area contributed by atoms with Gasteiger partial charge in [-0.15, -0.1) is 0 Å². The summed E-state index contributed by atoms with van der Waals surface area (Å²) in [6.07, 6.45) is 0.716. The lowest BCUT2D eigenvalue weighted by molar-refractivity contribution is 0.0147. The van der Waals surface area contributed by atoms with Crippen LogP contribution in [0.15, 0.2) is 28.7 Å².